The molecule has 219 valence electrons. The molecule has 5 radical (unpaired) electrons. The maximum absolute atomic E-state index is 4.48. The topological polar surface area (TPSA) is 25.8 Å². The first-order valence-electron chi connectivity index (χ1n) is 14.1. The van der Waals surface area contributed by atoms with Crippen LogP contribution in [-0.4, -0.2) is 18.4 Å². The van der Waals surface area contributed by atoms with Crippen molar-refractivity contribution < 1.29 is 52.8 Å². The van der Waals surface area contributed by atoms with Gasteiger partial charge in [-0.05, 0) is 28.1 Å². The molecule has 0 N–H and O–H groups in total. The fourth-order valence-electron chi connectivity index (χ4n) is 4.88. The summed E-state index contributed by atoms with van der Waals surface area (Å²) < 4.78 is 0. The molecule has 7 rings (SSSR count). The molecule has 45 heavy (non-hydrogen) atoms. The summed E-state index contributed by atoms with van der Waals surface area (Å²) in [6.45, 7) is 6.58. The zero-order valence-electron chi connectivity index (χ0n) is 25.5. The first-order valence-corrected chi connectivity index (χ1v) is 14.1. The van der Waals surface area contributed by atoms with Gasteiger partial charge in [-0.3, -0.25) is 23.3 Å². The smallest absolute Gasteiger partial charge is 0.0198 e. The number of aromatic nitrogens is 2. The minimum atomic E-state index is 0. The molecule has 0 atom stereocenters. The van der Waals surface area contributed by atoms with Gasteiger partial charge in [0.15, 0.2) is 0 Å². The van der Waals surface area contributed by atoms with Crippen molar-refractivity contribution in [2.45, 2.75) is 26.2 Å². The van der Waals surface area contributed by atoms with Crippen molar-refractivity contribution >= 4 is 30.0 Å². The van der Waals surface area contributed by atoms with Gasteiger partial charge in [-0.15, -0.1) is 65.5 Å². The Morgan fingerprint density at radius 1 is 0.600 bits per heavy atom. The summed E-state index contributed by atoms with van der Waals surface area (Å²) >= 11 is 0. The van der Waals surface area contributed by atoms with Crippen molar-refractivity contribution in [1.82, 2.24) is 9.97 Å². The third-order valence-corrected chi connectivity index (χ3v) is 7.24. The fraction of sp³-hybridized carbons (Fsp3) is 0.100. The average molecular weight is 831 g/mol. The van der Waals surface area contributed by atoms with Crippen molar-refractivity contribution in [3.05, 3.63) is 157 Å². The monoisotopic (exact) mass is 831 g/mol. The van der Waals surface area contributed by atoms with E-state index in [2.05, 4.69) is 116 Å². The predicted octanol–water partition coefficient (Wildman–Crippen LogP) is 9.58. The predicted molar refractivity (Wildman–Crippen MR) is 180 cm³/mol. The molecule has 0 unspecified atom stereocenters. The van der Waals surface area contributed by atoms with E-state index in [1.54, 1.807) is 6.20 Å². The number of nitrogens with zero attached hydrogens (tertiary/aromatic N) is 2. The number of hydrogen-bond acceptors (Lipinski definition) is 2. The van der Waals surface area contributed by atoms with E-state index >= 15 is 0 Å². The van der Waals surface area contributed by atoms with E-state index in [-0.39, 0.29) is 66.6 Å². The molecule has 0 fully saturated rings. The molecule has 2 aromatic heterocycles. The van der Waals surface area contributed by atoms with Gasteiger partial charge in [0.05, 0.1) is 0 Å². The van der Waals surface area contributed by atoms with Gasteiger partial charge in [-0.2, -0.15) is 5.56 Å². The van der Waals surface area contributed by atoms with Crippen LogP contribution in [0.4, 0.5) is 0 Å². The zero-order valence-corrected chi connectivity index (χ0v) is 30.7. The molecule has 0 amide bonds. The van der Waals surface area contributed by atoms with Crippen molar-refractivity contribution in [1.29, 1.82) is 0 Å². The first kappa shape index (κ1) is 36.2. The van der Waals surface area contributed by atoms with Crippen LogP contribution in [0.15, 0.2) is 128 Å². The van der Waals surface area contributed by atoms with E-state index in [1.807, 2.05) is 60.8 Å². The number of rotatable bonds is 3. The minimum Gasteiger partial charge on any atom is -0.352 e. The Labute approximate surface area is 307 Å². The summed E-state index contributed by atoms with van der Waals surface area (Å²) in [5.41, 5.74) is 7.21. The maximum Gasteiger partial charge on any atom is 0.0198 e. The summed E-state index contributed by atoms with van der Waals surface area (Å²) in [5, 5.41) is 4.93. The third-order valence-electron chi connectivity index (χ3n) is 7.24. The first-order chi connectivity index (χ1) is 20.5. The van der Waals surface area contributed by atoms with Crippen LogP contribution in [0.1, 0.15) is 26.3 Å². The molecule has 0 aliphatic rings. The molecule has 0 bridgehead atoms. The minimum absolute atomic E-state index is 0. The van der Waals surface area contributed by atoms with E-state index in [0.717, 1.165) is 33.6 Å². The second-order valence-corrected chi connectivity index (χ2v) is 11.2. The Bertz CT molecular complexity index is 1960. The zero-order chi connectivity index (χ0) is 28.9. The van der Waals surface area contributed by atoms with Crippen LogP contribution in [0.3, 0.4) is 0 Å². The standard InChI is InChI=1S/C25H14N.C15H16N.B.Ir.Y/c1-2-9-23-18(6-1)11-12-21-16-20(13-14-24(21)23)19-7-5-8-22(17-19)25-10-3-4-15-26-25;1-15(2,3)13-9-10-14(16-11-13)12-7-5-4-6-8-12;;;/h1-7,9-12,14-16H;4-7,9-11H,1-3H3;;;/q-3;-1;;;. The second kappa shape index (κ2) is 16.3. The van der Waals surface area contributed by atoms with Gasteiger partial charge in [0, 0.05) is 73.6 Å². The maximum atomic E-state index is 4.48. The average Bonchev–Trinajstić information content (AvgIpc) is 3.05. The van der Waals surface area contributed by atoms with E-state index in [1.165, 1.54) is 27.1 Å². The molecular weight excluding hydrogens is 800 g/mol. The Morgan fingerprint density at radius 3 is 2.09 bits per heavy atom. The normalized spacial score (nSPS) is 10.5. The van der Waals surface area contributed by atoms with Gasteiger partial charge >= 0.3 is 0 Å². The van der Waals surface area contributed by atoms with E-state index < -0.39 is 0 Å². The van der Waals surface area contributed by atoms with Crippen molar-refractivity contribution in [3.63, 3.8) is 0 Å². The van der Waals surface area contributed by atoms with Gasteiger partial charge < -0.3 is 16.0 Å². The van der Waals surface area contributed by atoms with E-state index in [9.17, 15) is 0 Å². The molecule has 0 saturated carbocycles. The molecular formula is C40H30BIrN2Y-4. The number of benzene rings is 5. The van der Waals surface area contributed by atoms with Crippen molar-refractivity contribution in [3.8, 4) is 33.6 Å². The van der Waals surface area contributed by atoms with E-state index in [0.29, 0.717) is 0 Å². The number of pyridine rings is 2. The Hall–Kier alpha value is -3.26. The SMILES string of the molecule is CC(C)(C)c1ccc(-c2[c-]cccc2)nc1.[B].[Ir].[Y].[c-]1ccc(-c2[c-]cc3c(ccc4ccccc43)c2)[c-]c1-c1ccccn1. The van der Waals surface area contributed by atoms with Crippen LogP contribution in [-0.2, 0) is 58.2 Å². The summed E-state index contributed by atoms with van der Waals surface area (Å²) in [4.78, 5) is 8.88. The second-order valence-electron chi connectivity index (χ2n) is 11.2. The van der Waals surface area contributed by atoms with Gasteiger partial charge in [0.1, 0.15) is 0 Å². The number of fused-ring (bicyclic) bond motifs is 3. The number of hydrogen-bond donors (Lipinski definition) is 0. The van der Waals surface area contributed by atoms with Crippen molar-refractivity contribution in [2.75, 3.05) is 0 Å². The molecule has 7 aromatic rings. The van der Waals surface area contributed by atoms with Crippen LogP contribution >= 0.6 is 0 Å². The van der Waals surface area contributed by atoms with Gasteiger partial charge in [0.2, 0.25) is 0 Å². The molecule has 0 aliphatic carbocycles. The van der Waals surface area contributed by atoms with Gasteiger partial charge in [-0.1, -0.05) is 91.8 Å². The van der Waals surface area contributed by atoms with Crippen molar-refractivity contribution in [2.24, 2.45) is 0 Å². The quantitative estimate of drug-likeness (QED) is 0.101. The van der Waals surface area contributed by atoms with Crippen LogP contribution < -0.4 is 0 Å². The molecule has 0 spiro atoms. The third kappa shape index (κ3) is 8.72. The molecule has 0 aliphatic heterocycles. The molecule has 0 saturated heterocycles. The van der Waals surface area contributed by atoms with E-state index in [4.69, 9.17) is 0 Å². The van der Waals surface area contributed by atoms with Crippen LogP contribution in [0.2, 0.25) is 0 Å². The van der Waals surface area contributed by atoms with Gasteiger partial charge in [0.25, 0.3) is 0 Å². The largest absolute Gasteiger partial charge is 0.352 e. The summed E-state index contributed by atoms with van der Waals surface area (Å²) in [7, 11) is 0. The van der Waals surface area contributed by atoms with Crippen LogP contribution in [0, 0.1) is 24.3 Å². The molecule has 2 heterocycles. The fourth-order valence-corrected chi connectivity index (χ4v) is 4.88. The molecule has 5 aromatic carbocycles. The Kier molecular flexibility index (Phi) is 13.2. The molecule has 2 nitrogen and oxygen atoms in total. The summed E-state index contributed by atoms with van der Waals surface area (Å²) in [6, 6.07) is 52.2. The van der Waals surface area contributed by atoms with Crippen LogP contribution in [0.25, 0.3) is 55.2 Å². The summed E-state index contributed by atoms with van der Waals surface area (Å²) in [5.74, 6) is 0. The summed E-state index contributed by atoms with van der Waals surface area (Å²) in [6.07, 6.45) is 3.74. The Morgan fingerprint density at radius 2 is 1.38 bits per heavy atom. The van der Waals surface area contributed by atoms with Crippen LogP contribution in [0.5, 0.6) is 0 Å². The van der Waals surface area contributed by atoms with Gasteiger partial charge in [-0.25, -0.2) is 6.07 Å². The molecule has 5 heteroatoms. The Balaban J connectivity index is 0.000000254.